The van der Waals surface area contributed by atoms with Gasteiger partial charge in [0.05, 0.1) is 7.11 Å². The van der Waals surface area contributed by atoms with Crippen molar-refractivity contribution in [2.75, 3.05) is 7.11 Å². The Balaban J connectivity index is 1.98. The van der Waals surface area contributed by atoms with Gasteiger partial charge in [-0.05, 0) is 47.2 Å². The molecule has 1 aromatic carbocycles. The molecule has 0 bridgehead atoms. The van der Waals surface area contributed by atoms with Crippen LogP contribution in [0, 0.1) is 0 Å². The molecule has 2 heterocycles. The minimum Gasteiger partial charge on any atom is -0.496 e. The van der Waals surface area contributed by atoms with E-state index >= 15 is 0 Å². The zero-order valence-electron chi connectivity index (χ0n) is 19.2. The maximum atomic E-state index is 14.2. The van der Waals surface area contributed by atoms with E-state index in [-0.39, 0.29) is 5.70 Å². The van der Waals surface area contributed by atoms with E-state index in [0.29, 0.717) is 22.4 Å². The Labute approximate surface area is 196 Å². The number of benzene rings is 1. The van der Waals surface area contributed by atoms with E-state index in [1.54, 1.807) is 62.8 Å². The summed E-state index contributed by atoms with van der Waals surface area (Å²) in [6.45, 7) is 3.27. The third kappa shape index (κ3) is 5.72. The van der Waals surface area contributed by atoms with E-state index in [1.165, 1.54) is 25.7 Å². The Morgan fingerprint density at radius 2 is 1.76 bits per heavy atom. The average molecular weight is 473 g/mol. The molecule has 0 radical (unpaired) electrons. The van der Waals surface area contributed by atoms with Gasteiger partial charge in [-0.2, -0.15) is 13.2 Å². The van der Waals surface area contributed by atoms with Gasteiger partial charge < -0.3 is 15.6 Å². The zero-order chi connectivity index (χ0) is 25.0. The lowest BCUT2D eigenvalue weighted by molar-refractivity contribution is -0.266. The second-order valence-electron chi connectivity index (χ2n) is 8.81. The fourth-order valence-corrected chi connectivity index (χ4v) is 4.02. The van der Waals surface area contributed by atoms with E-state index in [1.807, 2.05) is 0 Å². The normalized spacial score (nSPS) is 14.5. The van der Waals surface area contributed by atoms with Crippen LogP contribution in [0.1, 0.15) is 37.8 Å². The third-order valence-electron chi connectivity index (χ3n) is 5.62. The van der Waals surface area contributed by atoms with Crippen molar-refractivity contribution in [1.82, 2.24) is 15.0 Å². The molecule has 0 amide bonds. The molecule has 0 spiro atoms. The number of hydrogen-bond donors (Lipinski definition) is 2. The lowest BCUT2D eigenvalue weighted by atomic mass is 9.72. The Kier molecular flexibility index (Phi) is 7.26. The van der Waals surface area contributed by atoms with Crippen LogP contribution in [0.3, 0.4) is 0 Å². The summed E-state index contributed by atoms with van der Waals surface area (Å²) in [5.74, 6) is 0.411. The van der Waals surface area contributed by atoms with Gasteiger partial charge in [0.15, 0.2) is 5.60 Å². The maximum absolute atomic E-state index is 14.2. The molecular formula is C25H27F3N4O2. The number of nitrogens with two attached hydrogens (primary N) is 1. The van der Waals surface area contributed by atoms with E-state index in [0.717, 1.165) is 5.56 Å². The molecule has 0 aliphatic rings. The molecule has 0 fully saturated rings. The third-order valence-corrected chi connectivity index (χ3v) is 5.62. The van der Waals surface area contributed by atoms with Gasteiger partial charge in [0.25, 0.3) is 0 Å². The van der Waals surface area contributed by atoms with Crippen LogP contribution in [-0.2, 0) is 5.41 Å². The van der Waals surface area contributed by atoms with Crippen molar-refractivity contribution >= 4 is 6.08 Å². The highest BCUT2D eigenvalue weighted by atomic mass is 19.4. The Bertz CT molecular complexity index is 1140. The monoisotopic (exact) mass is 472 g/mol. The molecule has 1 atom stereocenters. The van der Waals surface area contributed by atoms with Gasteiger partial charge in [-0.25, -0.2) is 9.97 Å². The smallest absolute Gasteiger partial charge is 0.417 e. The Hall–Kier alpha value is -3.46. The number of alkyl halides is 3. The van der Waals surface area contributed by atoms with Crippen LogP contribution in [0.4, 0.5) is 13.2 Å². The van der Waals surface area contributed by atoms with Gasteiger partial charge in [-0.3, -0.25) is 4.98 Å². The number of rotatable bonds is 8. The number of hydrogen-bond acceptors (Lipinski definition) is 6. The second-order valence-corrected chi connectivity index (χ2v) is 8.81. The summed E-state index contributed by atoms with van der Waals surface area (Å²) in [6, 6.07) is 8.52. The summed E-state index contributed by atoms with van der Waals surface area (Å²) in [6.07, 6.45) is 2.68. The largest absolute Gasteiger partial charge is 0.496 e. The number of aliphatic hydroxyl groups is 1. The molecule has 180 valence electrons. The molecular weight excluding hydrogens is 445 g/mol. The first-order valence-electron chi connectivity index (χ1n) is 10.5. The number of pyridine rings is 1. The number of aromatic nitrogens is 3. The number of nitrogens with zero attached hydrogens (tertiary/aromatic N) is 3. The van der Waals surface area contributed by atoms with Crippen molar-refractivity contribution in [3.63, 3.8) is 0 Å². The first-order chi connectivity index (χ1) is 15.9. The summed E-state index contributed by atoms with van der Waals surface area (Å²) in [5.41, 5.74) is 4.09. The van der Waals surface area contributed by atoms with Crippen molar-refractivity contribution < 1.29 is 23.0 Å². The molecule has 34 heavy (non-hydrogen) atoms. The zero-order valence-corrected chi connectivity index (χ0v) is 19.2. The van der Waals surface area contributed by atoms with Crippen molar-refractivity contribution in [2.45, 2.75) is 43.9 Å². The van der Waals surface area contributed by atoms with Crippen molar-refractivity contribution in [3.8, 4) is 16.9 Å². The maximum Gasteiger partial charge on any atom is 0.417 e. The average Bonchev–Trinajstić information content (AvgIpc) is 2.78. The van der Waals surface area contributed by atoms with Crippen LogP contribution < -0.4 is 10.5 Å². The Morgan fingerprint density at radius 3 is 2.35 bits per heavy atom. The van der Waals surface area contributed by atoms with Gasteiger partial charge in [0.1, 0.15) is 12.1 Å². The molecule has 2 aromatic heterocycles. The number of methoxy groups -OCH3 is 1. The van der Waals surface area contributed by atoms with Crippen LogP contribution in [0.25, 0.3) is 17.2 Å². The molecule has 1 unspecified atom stereocenters. The molecule has 0 saturated carbocycles. The molecule has 0 saturated heterocycles. The van der Waals surface area contributed by atoms with Gasteiger partial charge in [0.2, 0.25) is 0 Å². The topological polar surface area (TPSA) is 94.2 Å². The molecule has 9 heteroatoms. The van der Waals surface area contributed by atoms with E-state index in [4.69, 9.17) is 10.5 Å². The highest BCUT2D eigenvalue weighted by Crippen LogP contribution is 2.46. The minimum atomic E-state index is -4.92. The summed E-state index contributed by atoms with van der Waals surface area (Å²) in [4.78, 5) is 11.9. The van der Waals surface area contributed by atoms with Gasteiger partial charge in [0, 0.05) is 48.0 Å². The van der Waals surface area contributed by atoms with E-state index < -0.39 is 30.0 Å². The quantitative estimate of drug-likeness (QED) is 0.484. The predicted molar refractivity (Wildman–Crippen MR) is 124 cm³/mol. The van der Waals surface area contributed by atoms with Crippen LogP contribution in [0.15, 0.2) is 67.1 Å². The van der Waals surface area contributed by atoms with Gasteiger partial charge >= 0.3 is 6.18 Å². The van der Waals surface area contributed by atoms with Crippen LogP contribution in [-0.4, -0.2) is 38.9 Å². The molecule has 3 rings (SSSR count). The first kappa shape index (κ1) is 25.2. The molecule has 0 aliphatic heterocycles. The summed E-state index contributed by atoms with van der Waals surface area (Å²) < 4.78 is 48.0. The lowest BCUT2D eigenvalue weighted by Gasteiger charge is -2.38. The van der Waals surface area contributed by atoms with Crippen LogP contribution >= 0.6 is 0 Å². The number of halogens is 3. The van der Waals surface area contributed by atoms with Crippen LogP contribution in [0.5, 0.6) is 5.75 Å². The number of ether oxygens (including phenoxy) is 1. The summed E-state index contributed by atoms with van der Waals surface area (Å²) in [7, 11) is 1.45. The lowest BCUT2D eigenvalue weighted by Crippen LogP contribution is -2.50. The van der Waals surface area contributed by atoms with Gasteiger partial charge in [-0.1, -0.05) is 26.0 Å². The molecule has 3 aromatic rings. The second kappa shape index (κ2) is 9.80. The first-order valence-corrected chi connectivity index (χ1v) is 10.5. The molecule has 3 N–H and O–H groups in total. The Morgan fingerprint density at radius 1 is 1.06 bits per heavy atom. The van der Waals surface area contributed by atoms with E-state index in [2.05, 4.69) is 15.0 Å². The van der Waals surface area contributed by atoms with Crippen molar-refractivity contribution in [3.05, 3.63) is 78.3 Å². The predicted octanol–water partition coefficient (Wildman–Crippen LogP) is 4.90. The van der Waals surface area contributed by atoms with E-state index in [9.17, 15) is 18.3 Å². The fraction of sp³-hybridized carbons (Fsp3) is 0.320. The molecule has 0 aliphatic carbocycles. The minimum absolute atomic E-state index is 0.106. The summed E-state index contributed by atoms with van der Waals surface area (Å²) >= 11 is 0. The standard InChI is InChI=1S/C25H27F3N4O2/c1-23(2,21-10-18(6-7-22(21)34-3)19-13-31-16-32-14-19)15-24(33,25(26,27)28)11-20(29)9-17-5-4-8-30-12-17/h4-10,12-14,16,33H,11,15,29H2,1-3H3/b20-9-. The molecule has 6 nitrogen and oxygen atoms in total. The van der Waals surface area contributed by atoms with Crippen LogP contribution in [0.2, 0.25) is 0 Å². The van der Waals surface area contributed by atoms with Crippen molar-refractivity contribution in [1.29, 1.82) is 0 Å². The fourth-order valence-electron chi connectivity index (χ4n) is 4.02. The summed E-state index contributed by atoms with van der Waals surface area (Å²) in [5, 5.41) is 10.9. The SMILES string of the molecule is COc1ccc(-c2cncnc2)cc1C(C)(C)CC(O)(C/C(N)=C/c1cccnc1)C(F)(F)F. The highest BCUT2D eigenvalue weighted by Gasteiger charge is 2.56. The van der Waals surface area contributed by atoms with Gasteiger partial charge in [-0.15, -0.1) is 0 Å². The van der Waals surface area contributed by atoms with Crippen molar-refractivity contribution in [2.24, 2.45) is 5.73 Å². The highest BCUT2D eigenvalue weighted by molar-refractivity contribution is 5.65.